The number of methoxy groups -OCH3 is 1. The summed E-state index contributed by atoms with van der Waals surface area (Å²) < 4.78 is 5.27. The molecule has 2 rings (SSSR count). The highest BCUT2D eigenvalue weighted by Gasteiger charge is 2.17. The molecule has 1 aliphatic rings. The zero-order valence-corrected chi connectivity index (χ0v) is 9.91. The van der Waals surface area contributed by atoms with Gasteiger partial charge in [-0.2, -0.15) is 0 Å². The van der Waals surface area contributed by atoms with Crippen LogP contribution in [0.3, 0.4) is 0 Å². The molecule has 0 bridgehead atoms. The Kier molecular flexibility index (Phi) is 3.70. The molecule has 0 heterocycles. The monoisotopic (exact) mass is 220 g/mol. The van der Waals surface area contributed by atoms with E-state index in [1.807, 2.05) is 6.07 Å². The summed E-state index contributed by atoms with van der Waals surface area (Å²) in [6, 6.07) is 5.65. The maximum atomic E-state index is 9.70. The second kappa shape index (κ2) is 5.24. The Hall–Kier alpha value is -1.18. The van der Waals surface area contributed by atoms with Crippen molar-refractivity contribution in [3.05, 3.63) is 23.8 Å². The largest absolute Gasteiger partial charge is 0.504 e. The van der Waals surface area contributed by atoms with Crippen LogP contribution in [0.2, 0.25) is 0 Å². The molecule has 0 radical (unpaired) electrons. The molecule has 88 valence electrons. The minimum Gasteiger partial charge on any atom is -0.504 e. The minimum atomic E-state index is 0.260. The van der Waals surface area contributed by atoms with E-state index in [0.29, 0.717) is 5.75 Å². The second-order valence-corrected chi connectivity index (χ2v) is 4.68. The Morgan fingerprint density at radius 3 is 2.69 bits per heavy atom. The number of hydrogen-bond acceptors (Lipinski definition) is 2. The molecule has 1 aromatic carbocycles. The van der Waals surface area contributed by atoms with Crippen LogP contribution >= 0.6 is 0 Å². The summed E-state index contributed by atoms with van der Waals surface area (Å²) in [5.74, 6) is 1.69. The van der Waals surface area contributed by atoms with Gasteiger partial charge in [-0.15, -0.1) is 0 Å². The lowest BCUT2D eigenvalue weighted by Crippen LogP contribution is -2.09. The summed E-state index contributed by atoms with van der Waals surface area (Å²) in [5.41, 5.74) is 1.15. The van der Waals surface area contributed by atoms with Gasteiger partial charge in [0.05, 0.1) is 7.11 Å². The standard InChI is InChI=1S/C14H20O2/c1-16-14-12(8-5-9-13(14)15)10-11-6-3-2-4-7-11/h5,8-9,11,15H,2-4,6-7,10H2,1H3. The number of phenols is 1. The van der Waals surface area contributed by atoms with Crippen molar-refractivity contribution in [2.75, 3.05) is 7.11 Å². The first-order valence-electron chi connectivity index (χ1n) is 6.16. The summed E-state index contributed by atoms with van der Waals surface area (Å²) in [4.78, 5) is 0. The molecule has 2 nitrogen and oxygen atoms in total. The first-order valence-corrected chi connectivity index (χ1v) is 6.16. The first-order chi connectivity index (χ1) is 7.81. The van der Waals surface area contributed by atoms with Gasteiger partial charge in [0.15, 0.2) is 11.5 Å². The molecule has 0 aromatic heterocycles. The third-order valence-electron chi connectivity index (χ3n) is 3.51. The highest BCUT2D eigenvalue weighted by atomic mass is 16.5. The van der Waals surface area contributed by atoms with E-state index in [9.17, 15) is 5.11 Å². The second-order valence-electron chi connectivity index (χ2n) is 4.68. The number of aromatic hydroxyl groups is 1. The Balaban J connectivity index is 2.10. The normalized spacial score (nSPS) is 17.3. The maximum Gasteiger partial charge on any atom is 0.163 e. The molecule has 1 N–H and O–H groups in total. The van der Waals surface area contributed by atoms with E-state index in [4.69, 9.17) is 4.74 Å². The Bertz CT molecular complexity index is 341. The third-order valence-corrected chi connectivity index (χ3v) is 3.51. The van der Waals surface area contributed by atoms with Gasteiger partial charge in [-0.25, -0.2) is 0 Å². The van der Waals surface area contributed by atoms with Crippen molar-refractivity contribution in [1.29, 1.82) is 0 Å². The van der Waals surface area contributed by atoms with Crippen LogP contribution < -0.4 is 4.74 Å². The van der Waals surface area contributed by atoms with Crippen LogP contribution in [-0.2, 0) is 6.42 Å². The number of benzene rings is 1. The summed E-state index contributed by atoms with van der Waals surface area (Å²) in [5, 5.41) is 9.70. The van der Waals surface area contributed by atoms with E-state index >= 15 is 0 Å². The molecule has 1 aliphatic carbocycles. The number of hydrogen-bond donors (Lipinski definition) is 1. The molecule has 1 aromatic rings. The molecule has 16 heavy (non-hydrogen) atoms. The van der Waals surface area contributed by atoms with Crippen molar-refractivity contribution in [3.63, 3.8) is 0 Å². The lowest BCUT2D eigenvalue weighted by Gasteiger charge is -2.22. The molecule has 0 aliphatic heterocycles. The quantitative estimate of drug-likeness (QED) is 0.844. The van der Waals surface area contributed by atoms with E-state index in [2.05, 4.69) is 6.07 Å². The van der Waals surface area contributed by atoms with Crippen LogP contribution in [0.25, 0.3) is 0 Å². The molecule has 0 spiro atoms. The molecule has 0 atom stereocenters. The van der Waals surface area contributed by atoms with Gasteiger partial charge in [0.2, 0.25) is 0 Å². The molecule has 0 unspecified atom stereocenters. The lowest BCUT2D eigenvalue weighted by atomic mass is 9.84. The van der Waals surface area contributed by atoms with Crippen molar-refractivity contribution >= 4 is 0 Å². The fraction of sp³-hybridized carbons (Fsp3) is 0.571. The topological polar surface area (TPSA) is 29.5 Å². The van der Waals surface area contributed by atoms with Gasteiger partial charge >= 0.3 is 0 Å². The van der Waals surface area contributed by atoms with Crippen molar-refractivity contribution < 1.29 is 9.84 Å². The van der Waals surface area contributed by atoms with Crippen LogP contribution in [0.5, 0.6) is 11.5 Å². The highest BCUT2D eigenvalue weighted by Crippen LogP contribution is 2.34. The number of rotatable bonds is 3. The number of phenolic OH excluding ortho intramolecular Hbond substituents is 1. The zero-order chi connectivity index (χ0) is 11.4. The van der Waals surface area contributed by atoms with Crippen molar-refractivity contribution in [2.24, 2.45) is 5.92 Å². The van der Waals surface area contributed by atoms with E-state index in [0.717, 1.165) is 17.9 Å². The molecule has 1 saturated carbocycles. The molecular weight excluding hydrogens is 200 g/mol. The SMILES string of the molecule is COc1c(O)cccc1CC1CCCCC1. The predicted molar refractivity (Wildman–Crippen MR) is 64.9 cm³/mol. The molecular formula is C14H20O2. The van der Waals surface area contributed by atoms with Crippen molar-refractivity contribution in [1.82, 2.24) is 0 Å². The molecule has 0 saturated heterocycles. The summed E-state index contributed by atoms with van der Waals surface area (Å²) in [7, 11) is 1.62. The number of ether oxygens (including phenoxy) is 1. The highest BCUT2D eigenvalue weighted by molar-refractivity contribution is 5.45. The van der Waals surface area contributed by atoms with E-state index < -0.39 is 0 Å². The predicted octanol–water partition coefficient (Wildman–Crippen LogP) is 3.52. The first kappa shape index (κ1) is 11.3. The fourth-order valence-corrected chi connectivity index (χ4v) is 2.67. The Morgan fingerprint density at radius 1 is 1.25 bits per heavy atom. The molecule has 2 heteroatoms. The van der Waals surface area contributed by atoms with Crippen LogP contribution in [0.4, 0.5) is 0 Å². The third kappa shape index (κ3) is 2.49. The van der Waals surface area contributed by atoms with Gasteiger partial charge in [0, 0.05) is 0 Å². The molecule has 1 fully saturated rings. The van der Waals surface area contributed by atoms with Crippen molar-refractivity contribution in [3.8, 4) is 11.5 Å². The Morgan fingerprint density at radius 2 is 2.00 bits per heavy atom. The fourth-order valence-electron chi connectivity index (χ4n) is 2.67. The summed E-state index contributed by atoms with van der Waals surface area (Å²) >= 11 is 0. The van der Waals surface area contributed by atoms with Gasteiger partial charge in [0.25, 0.3) is 0 Å². The van der Waals surface area contributed by atoms with E-state index in [-0.39, 0.29) is 5.75 Å². The average Bonchev–Trinajstić information content (AvgIpc) is 2.31. The van der Waals surface area contributed by atoms with Gasteiger partial charge in [-0.1, -0.05) is 44.2 Å². The van der Waals surface area contributed by atoms with Crippen LogP contribution in [0.1, 0.15) is 37.7 Å². The van der Waals surface area contributed by atoms with Crippen LogP contribution in [0, 0.1) is 5.92 Å². The maximum absolute atomic E-state index is 9.70. The Labute approximate surface area is 97.3 Å². The van der Waals surface area contributed by atoms with Gasteiger partial charge in [-0.05, 0) is 24.0 Å². The van der Waals surface area contributed by atoms with Crippen LogP contribution in [-0.4, -0.2) is 12.2 Å². The van der Waals surface area contributed by atoms with Crippen LogP contribution in [0.15, 0.2) is 18.2 Å². The smallest absolute Gasteiger partial charge is 0.163 e. The average molecular weight is 220 g/mol. The summed E-state index contributed by atoms with van der Waals surface area (Å²) in [6.07, 6.45) is 7.76. The van der Waals surface area contributed by atoms with E-state index in [1.54, 1.807) is 13.2 Å². The summed E-state index contributed by atoms with van der Waals surface area (Å²) in [6.45, 7) is 0. The number of para-hydroxylation sites is 1. The van der Waals surface area contributed by atoms with Gasteiger partial charge in [-0.3, -0.25) is 0 Å². The van der Waals surface area contributed by atoms with Crippen molar-refractivity contribution in [2.45, 2.75) is 38.5 Å². The lowest BCUT2D eigenvalue weighted by molar-refractivity contribution is 0.340. The zero-order valence-electron chi connectivity index (χ0n) is 9.91. The minimum absolute atomic E-state index is 0.260. The van der Waals surface area contributed by atoms with Gasteiger partial charge in [0.1, 0.15) is 0 Å². The molecule has 0 amide bonds. The van der Waals surface area contributed by atoms with E-state index in [1.165, 1.54) is 32.1 Å². The van der Waals surface area contributed by atoms with Gasteiger partial charge < -0.3 is 9.84 Å².